The van der Waals surface area contributed by atoms with Crippen molar-refractivity contribution in [3.63, 3.8) is 0 Å². The number of benzene rings is 1. The Bertz CT molecular complexity index is 756. The topological polar surface area (TPSA) is 50.7 Å². The Kier molecular flexibility index (Phi) is 4.57. The Morgan fingerprint density at radius 3 is 2.46 bits per heavy atom. The second kappa shape index (κ2) is 7.02. The Morgan fingerprint density at radius 2 is 1.81 bits per heavy atom. The van der Waals surface area contributed by atoms with E-state index in [0.717, 1.165) is 48.3 Å². The molecule has 1 aliphatic carbocycles. The molecule has 1 aromatic heterocycles. The van der Waals surface area contributed by atoms with Crippen LogP contribution in [-0.2, 0) is 0 Å². The standard InChI is InChI=1S/C20H26N4O2/c1-23(19-6-8-21-20(22-19)14-4-5-14)15-7-9-24(13-15)16-10-17(25-2)12-18(11-16)26-3/h6,8,10-12,14-15H,4-5,7,9,13H2,1-3H3. The zero-order valence-corrected chi connectivity index (χ0v) is 15.7. The molecule has 4 rings (SSSR count). The number of ether oxygens (including phenoxy) is 2. The van der Waals surface area contributed by atoms with Crippen LogP contribution in [0.5, 0.6) is 11.5 Å². The third kappa shape index (κ3) is 3.41. The largest absolute Gasteiger partial charge is 0.497 e. The van der Waals surface area contributed by atoms with E-state index in [4.69, 9.17) is 14.5 Å². The smallest absolute Gasteiger partial charge is 0.133 e. The summed E-state index contributed by atoms with van der Waals surface area (Å²) in [6, 6.07) is 8.49. The summed E-state index contributed by atoms with van der Waals surface area (Å²) in [7, 11) is 5.51. The first-order chi connectivity index (χ1) is 12.7. The maximum atomic E-state index is 5.41. The van der Waals surface area contributed by atoms with Gasteiger partial charge in [0.05, 0.1) is 14.2 Å². The lowest BCUT2D eigenvalue weighted by atomic mass is 10.2. The number of likely N-dealkylation sites (N-methyl/N-ethyl adjacent to an activating group) is 1. The fraction of sp³-hybridized carbons (Fsp3) is 0.500. The van der Waals surface area contributed by atoms with Gasteiger partial charge in [-0.1, -0.05) is 0 Å². The summed E-state index contributed by atoms with van der Waals surface area (Å²) in [4.78, 5) is 13.9. The van der Waals surface area contributed by atoms with Crippen LogP contribution in [0.2, 0.25) is 0 Å². The number of hydrogen-bond donors (Lipinski definition) is 0. The molecule has 0 spiro atoms. The Balaban J connectivity index is 1.48. The maximum Gasteiger partial charge on any atom is 0.133 e. The fourth-order valence-electron chi connectivity index (χ4n) is 3.55. The molecule has 1 unspecified atom stereocenters. The molecular weight excluding hydrogens is 328 g/mol. The number of methoxy groups -OCH3 is 2. The van der Waals surface area contributed by atoms with Gasteiger partial charge in [-0.25, -0.2) is 9.97 Å². The summed E-state index contributed by atoms with van der Waals surface area (Å²) in [6.45, 7) is 1.96. The zero-order chi connectivity index (χ0) is 18.1. The SMILES string of the molecule is COc1cc(OC)cc(N2CCC(N(C)c3ccnc(C4CC4)n3)C2)c1. The van der Waals surface area contributed by atoms with Crippen LogP contribution in [0.25, 0.3) is 0 Å². The van der Waals surface area contributed by atoms with Gasteiger partial charge < -0.3 is 19.3 Å². The molecule has 6 nitrogen and oxygen atoms in total. The summed E-state index contributed by atoms with van der Waals surface area (Å²) in [5, 5.41) is 0. The molecule has 2 aromatic rings. The van der Waals surface area contributed by atoms with Gasteiger partial charge in [0.15, 0.2) is 0 Å². The normalized spacial score (nSPS) is 19.5. The van der Waals surface area contributed by atoms with E-state index in [0.29, 0.717) is 12.0 Å². The van der Waals surface area contributed by atoms with Crippen LogP contribution in [-0.4, -0.2) is 50.4 Å². The van der Waals surface area contributed by atoms with Crippen molar-refractivity contribution in [2.75, 3.05) is 44.2 Å². The van der Waals surface area contributed by atoms with Crippen molar-refractivity contribution in [1.29, 1.82) is 0 Å². The van der Waals surface area contributed by atoms with E-state index in [1.54, 1.807) is 14.2 Å². The van der Waals surface area contributed by atoms with Crippen LogP contribution in [0.1, 0.15) is 31.0 Å². The van der Waals surface area contributed by atoms with E-state index in [1.807, 2.05) is 18.3 Å². The van der Waals surface area contributed by atoms with Crippen molar-refractivity contribution in [1.82, 2.24) is 9.97 Å². The average Bonchev–Trinajstić information content (AvgIpc) is 3.43. The summed E-state index contributed by atoms with van der Waals surface area (Å²) in [5.74, 6) is 4.24. The monoisotopic (exact) mass is 354 g/mol. The van der Waals surface area contributed by atoms with Gasteiger partial charge in [0.2, 0.25) is 0 Å². The van der Waals surface area contributed by atoms with Gasteiger partial charge in [-0.2, -0.15) is 0 Å². The molecule has 138 valence electrons. The molecule has 1 aromatic carbocycles. The van der Waals surface area contributed by atoms with Gasteiger partial charge in [-0.05, 0) is 25.3 Å². The summed E-state index contributed by atoms with van der Waals surface area (Å²) in [6.07, 6.45) is 5.44. The van der Waals surface area contributed by atoms with Gasteiger partial charge in [0.1, 0.15) is 23.1 Å². The molecule has 1 atom stereocenters. The van der Waals surface area contributed by atoms with Crippen LogP contribution in [0.15, 0.2) is 30.5 Å². The van der Waals surface area contributed by atoms with Crippen molar-refractivity contribution in [2.45, 2.75) is 31.2 Å². The first-order valence-electron chi connectivity index (χ1n) is 9.21. The van der Waals surface area contributed by atoms with Gasteiger partial charge >= 0.3 is 0 Å². The van der Waals surface area contributed by atoms with Crippen molar-refractivity contribution in [3.8, 4) is 11.5 Å². The molecular formula is C20H26N4O2. The van der Waals surface area contributed by atoms with E-state index in [1.165, 1.54) is 12.8 Å². The zero-order valence-electron chi connectivity index (χ0n) is 15.7. The lowest BCUT2D eigenvalue weighted by molar-refractivity contribution is 0.394. The van der Waals surface area contributed by atoms with E-state index in [9.17, 15) is 0 Å². The molecule has 0 amide bonds. The number of rotatable bonds is 6. The van der Waals surface area contributed by atoms with Gasteiger partial charge in [0.25, 0.3) is 0 Å². The molecule has 2 fully saturated rings. The second-order valence-corrected chi connectivity index (χ2v) is 7.12. The highest BCUT2D eigenvalue weighted by Gasteiger charge is 2.30. The van der Waals surface area contributed by atoms with Gasteiger partial charge in [-0.15, -0.1) is 0 Å². The van der Waals surface area contributed by atoms with Crippen LogP contribution in [0.4, 0.5) is 11.5 Å². The Hall–Kier alpha value is -2.50. The summed E-state index contributed by atoms with van der Waals surface area (Å²) >= 11 is 0. The van der Waals surface area contributed by atoms with Crippen molar-refractivity contribution in [3.05, 3.63) is 36.3 Å². The number of hydrogen-bond acceptors (Lipinski definition) is 6. The minimum Gasteiger partial charge on any atom is -0.497 e. The molecule has 0 N–H and O–H groups in total. The van der Waals surface area contributed by atoms with Gasteiger partial charge in [0, 0.05) is 62.2 Å². The molecule has 0 radical (unpaired) electrons. The molecule has 2 heterocycles. The summed E-state index contributed by atoms with van der Waals surface area (Å²) < 4.78 is 10.8. The quantitative estimate of drug-likeness (QED) is 0.795. The molecule has 2 aliphatic rings. The fourth-order valence-corrected chi connectivity index (χ4v) is 3.55. The third-order valence-corrected chi connectivity index (χ3v) is 5.38. The van der Waals surface area contributed by atoms with Crippen molar-refractivity contribution >= 4 is 11.5 Å². The predicted molar refractivity (Wildman–Crippen MR) is 103 cm³/mol. The Labute approximate surface area is 154 Å². The van der Waals surface area contributed by atoms with E-state index in [-0.39, 0.29) is 0 Å². The van der Waals surface area contributed by atoms with E-state index in [2.05, 4.69) is 34.0 Å². The first-order valence-corrected chi connectivity index (χ1v) is 9.21. The Morgan fingerprint density at radius 1 is 1.08 bits per heavy atom. The average molecular weight is 354 g/mol. The molecule has 1 aliphatic heterocycles. The summed E-state index contributed by atoms with van der Waals surface area (Å²) in [5.41, 5.74) is 1.14. The third-order valence-electron chi connectivity index (χ3n) is 5.38. The second-order valence-electron chi connectivity index (χ2n) is 7.12. The van der Waals surface area contributed by atoms with Crippen LogP contribution < -0.4 is 19.3 Å². The molecule has 0 bridgehead atoms. The highest BCUT2D eigenvalue weighted by atomic mass is 16.5. The lowest BCUT2D eigenvalue weighted by Gasteiger charge is -2.27. The van der Waals surface area contributed by atoms with Crippen molar-refractivity contribution < 1.29 is 9.47 Å². The van der Waals surface area contributed by atoms with Crippen LogP contribution in [0.3, 0.4) is 0 Å². The minimum absolute atomic E-state index is 0.425. The number of aromatic nitrogens is 2. The maximum absolute atomic E-state index is 5.41. The van der Waals surface area contributed by atoms with Crippen LogP contribution in [0, 0.1) is 0 Å². The van der Waals surface area contributed by atoms with Gasteiger partial charge in [-0.3, -0.25) is 0 Å². The molecule has 1 saturated heterocycles. The lowest BCUT2D eigenvalue weighted by Crippen LogP contribution is -2.35. The number of nitrogens with zero attached hydrogens (tertiary/aromatic N) is 4. The minimum atomic E-state index is 0.425. The highest BCUT2D eigenvalue weighted by molar-refractivity contribution is 5.57. The number of anilines is 2. The van der Waals surface area contributed by atoms with Crippen LogP contribution >= 0.6 is 0 Å². The first kappa shape index (κ1) is 16.9. The van der Waals surface area contributed by atoms with E-state index < -0.39 is 0 Å². The molecule has 26 heavy (non-hydrogen) atoms. The predicted octanol–water partition coefficient (Wildman–Crippen LogP) is 3.09. The molecule has 6 heteroatoms. The van der Waals surface area contributed by atoms with Crippen molar-refractivity contribution in [2.24, 2.45) is 0 Å². The molecule has 1 saturated carbocycles. The van der Waals surface area contributed by atoms with E-state index >= 15 is 0 Å². The highest BCUT2D eigenvalue weighted by Crippen LogP contribution is 2.38.